The second-order valence-electron chi connectivity index (χ2n) is 10.7. The second-order valence-corrected chi connectivity index (χ2v) is 10.7. The zero-order chi connectivity index (χ0) is 16.6. The molecule has 23 heavy (non-hydrogen) atoms. The summed E-state index contributed by atoms with van der Waals surface area (Å²) in [6, 6.07) is 1.68. The van der Waals surface area contributed by atoms with Crippen LogP contribution >= 0.6 is 0 Å². The van der Waals surface area contributed by atoms with Crippen molar-refractivity contribution in [2.75, 3.05) is 32.7 Å². The first-order valence-electron chi connectivity index (χ1n) is 9.90. The Balaban J connectivity index is 1.33. The van der Waals surface area contributed by atoms with Gasteiger partial charge < -0.3 is 0 Å². The predicted molar refractivity (Wildman–Crippen MR) is 96.6 cm³/mol. The Morgan fingerprint density at radius 3 is 1.57 bits per heavy atom. The fourth-order valence-electron chi connectivity index (χ4n) is 5.55. The third-order valence-electron chi connectivity index (χ3n) is 7.32. The molecule has 0 N–H and O–H groups in total. The molecule has 0 aromatic carbocycles. The van der Waals surface area contributed by atoms with E-state index in [1.807, 2.05) is 0 Å². The lowest BCUT2D eigenvalue weighted by Gasteiger charge is -2.47. The van der Waals surface area contributed by atoms with Gasteiger partial charge in [0, 0.05) is 55.9 Å². The lowest BCUT2D eigenvalue weighted by molar-refractivity contribution is 0.0103. The highest BCUT2D eigenvalue weighted by molar-refractivity contribution is 5.10. The van der Waals surface area contributed by atoms with Crippen molar-refractivity contribution in [3.05, 3.63) is 0 Å². The minimum absolute atomic E-state index is 0.343. The van der Waals surface area contributed by atoms with Crippen LogP contribution in [0.2, 0.25) is 0 Å². The summed E-state index contributed by atoms with van der Waals surface area (Å²) in [7, 11) is 0. The molecule has 0 spiro atoms. The SMILES string of the molecule is CC(C)(C)N1CC2C(CN3C4CCC3CN(C(C)(C)C)C4)C2C1. The van der Waals surface area contributed by atoms with E-state index in [-0.39, 0.29) is 0 Å². The first-order valence-corrected chi connectivity index (χ1v) is 9.90. The quantitative estimate of drug-likeness (QED) is 0.775. The van der Waals surface area contributed by atoms with Crippen LogP contribution in [0.15, 0.2) is 0 Å². The molecule has 4 fully saturated rings. The van der Waals surface area contributed by atoms with Gasteiger partial charge in [-0.05, 0) is 72.1 Å². The number of piperazine rings is 1. The Bertz CT molecular complexity index is 434. The molecule has 3 heteroatoms. The smallest absolute Gasteiger partial charge is 0.0227 e. The van der Waals surface area contributed by atoms with Gasteiger partial charge in [-0.3, -0.25) is 14.7 Å². The molecule has 4 aliphatic rings. The maximum atomic E-state index is 2.92. The molecule has 0 aromatic heterocycles. The molecule has 0 aromatic rings. The molecule has 3 aliphatic heterocycles. The molecular weight excluding hydrogens is 282 g/mol. The van der Waals surface area contributed by atoms with Crippen molar-refractivity contribution in [1.82, 2.24) is 14.7 Å². The van der Waals surface area contributed by atoms with Crippen molar-refractivity contribution >= 4 is 0 Å². The topological polar surface area (TPSA) is 9.72 Å². The van der Waals surface area contributed by atoms with E-state index in [0.29, 0.717) is 11.1 Å². The summed E-state index contributed by atoms with van der Waals surface area (Å²) in [5.74, 6) is 3.03. The Morgan fingerprint density at radius 1 is 0.696 bits per heavy atom. The van der Waals surface area contributed by atoms with Crippen LogP contribution in [0.5, 0.6) is 0 Å². The maximum Gasteiger partial charge on any atom is 0.0227 e. The highest BCUT2D eigenvalue weighted by Gasteiger charge is 2.58. The lowest BCUT2D eigenvalue weighted by Crippen LogP contribution is -2.59. The van der Waals surface area contributed by atoms with Crippen LogP contribution in [-0.2, 0) is 0 Å². The van der Waals surface area contributed by atoms with E-state index in [0.717, 1.165) is 29.8 Å². The molecule has 2 bridgehead atoms. The van der Waals surface area contributed by atoms with Crippen molar-refractivity contribution in [3.8, 4) is 0 Å². The van der Waals surface area contributed by atoms with Crippen molar-refractivity contribution in [2.45, 2.75) is 77.5 Å². The van der Waals surface area contributed by atoms with Crippen molar-refractivity contribution in [1.29, 1.82) is 0 Å². The Morgan fingerprint density at radius 2 is 1.13 bits per heavy atom. The van der Waals surface area contributed by atoms with Crippen LogP contribution in [0.25, 0.3) is 0 Å². The molecule has 4 rings (SSSR count). The molecule has 1 aliphatic carbocycles. The van der Waals surface area contributed by atoms with Gasteiger partial charge in [-0.25, -0.2) is 0 Å². The first-order chi connectivity index (χ1) is 10.6. The summed E-state index contributed by atoms with van der Waals surface area (Å²) < 4.78 is 0. The number of hydrogen-bond donors (Lipinski definition) is 0. The second kappa shape index (κ2) is 5.19. The zero-order valence-electron chi connectivity index (χ0n) is 16.2. The minimum Gasteiger partial charge on any atom is -0.298 e. The molecule has 3 nitrogen and oxygen atoms in total. The fraction of sp³-hybridized carbons (Fsp3) is 1.00. The van der Waals surface area contributed by atoms with Gasteiger partial charge in [0.05, 0.1) is 0 Å². The van der Waals surface area contributed by atoms with Gasteiger partial charge in [0.1, 0.15) is 0 Å². The van der Waals surface area contributed by atoms with Gasteiger partial charge in [-0.2, -0.15) is 0 Å². The highest BCUT2D eigenvalue weighted by Crippen LogP contribution is 2.54. The van der Waals surface area contributed by atoms with E-state index >= 15 is 0 Å². The van der Waals surface area contributed by atoms with E-state index in [1.165, 1.54) is 45.6 Å². The van der Waals surface area contributed by atoms with Crippen LogP contribution in [0.3, 0.4) is 0 Å². The van der Waals surface area contributed by atoms with Crippen LogP contribution in [-0.4, -0.2) is 70.6 Å². The minimum atomic E-state index is 0.343. The van der Waals surface area contributed by atoms with Gasteiger partial charge >= 0.3 is 0 Å². The summed E-state index contributed by atoms with van der Waals surface area (Å²) >= 11 is 0. The van der Waals surface area contributed by atoms with Crippen LogP contribution in [0.1, 0.15) is 54.4 Å². The van der Waals surface area contributed by atoms with Gasteiger partial charge in [0.2, 0.25) is 0 Å². The number of fused-ring (bicyclic) bond motifs is 3. The molecule has 0 amide bonds. The number of hydrogen-bond acceptors (Lipinski definition) is 3. The Hall–Kier alpha value is -0.120. The summed E-state index contributed by atoms with van der Waals surface area (Å²) in [5.41, 5.74) is 0.714. The van der Waals surface area contributed by atoms with E-state index in [2.05, 4.69) is 56.2 Å². The van der Waals surface area contributed by atoms with Gasteiger partial charge in [0.15, 0.2) is 0 Å². The predicted octanol–water partition coefficient (Wildman–Crippen LogP) is 2.91. The number of piperidine rings is 1. The molecule has 3 saturated heterocycles. The average Bonchev–Trinajstić information content (AvgIpc) is 2.73. The molecule has 4 unspecified atom stereocenters. The van der Waals surface area contributed by atoms with Crippen molar-refractivity contribution < 1.29 is 0 Å². The molecule has 4 atom stereocenters. The Kier molecular flexibility index (Phi) is 3.69. The third kappa shape index (κ3) is 2.87. The molecule has 1 saturated carbocycles. The van der Waals surface area contributed by atoms with Gasteiger partial charge in [-0.1, -0.05) is 0 Å². The molecule has 132 valence electrons. The monoisotopic (exact) mass is 319 g/mol. The largest absolute Gasteiger partial charge is 0.298 e. The number of nitrogens with zero attached hydrogens (tertiary/aromatic N) is 3. The van der Waals surface area contributed by atoms with E-state index in [4.69, 9.17) is 0 Å². The van der Waals surface area contributed by atoms with Gasteiger partial charge in [0.25, 0.3) is 0 Å². The number of rotatable bonds is 2. The maximum absolute atomic E-state index is 2.92. The number of likely N-dealkylation sites (tertiary alicyclic amines) is 2. The van der Waals surface area contributed by atoms with Gasteiger partial charge in [-0.15, -0.1) is 0 Å². The molecule has 3 heterocycles. The molecule has 0 radical (unpaired) electrons. The van der Waals surface area contributed by atoms with Crippen LogP contribution in [0.4, 0.5) is 0 Å². The fourth-order valence-corrected chi connectivity index (χ4v) is 5.55. The van der Waals surface area contributed by atoms with Crippen molar-refractivity contribution in [2.24, 2.45) is 17.8 Å². The Labute approximate surface area is 143 Å². The third-order valence-corrected chi connectivity index (χ3v) is 7.32. The normalized spacial score (nSPS) is 42.3. The summed E-state index contributed by atoms with van der Waals surface area (Å²) in [6.07, 6.45) is 2.88. The summed E-state index contributed by atoms with van der Waals surface area (Å²) in [6.45, 7) is 21.0. The standard InChI is InChI=1S/C20H37N3/c1-19(2,3)21-9-14-7-8-15(10-21)23(14)13-18-16-11-22(12-17(16)18)20(4,5)6/h14-18H,7-13H2,1-6H3. The molecular formula is C20H37N3. The van der Waals surface area contributed by atoms with E-state index in [9.17, 15) is 0 Å². The van der Waals surface area contributed by atoms with E-state index < -0.39 is 0 Å². The highest BCUT2D eigenvalue weighted by atomic mass is 15.4. The first kappa shape index (κ1) is 16.4. The zero-order valence-corrected chi connectivity index (χ0v) is 16.2. The van der Waals surface area contributed by atoms with Crippen LogP contribution < -0.4 is 0 Å². The van der Waals surface area contributed by atoms with Crippen LogP contribution in [0, 0.1) is 17.8 Å². The van der Waals surface area contributed by atoms with E-state index in [1.54, 1.807) is 0 Å². The summed E-state index contributed by atoms with van der Waals surface area (Å²) in [5, 5.41) is 0. The average molecular weight is 320 g/mol. The lowest BCUT2D eigenvalue weighted by atomic mass is 10.0. The summed E-state index contributed by atoms with van der Waals surface area (Å²) in [4.78, 5) is 8.37. The van der Waals surface area contributed by atoms with Crippen molar-refractivity contribution in [3.63, 3.8) is 0 Å².